The van der Waals surface area contributed by atoms with Gasteiger partial charge in [-0.05, 0) is 37.2 Å². The number of carbonyl (C=O) groups excluding carboxylic acids is 1. The van der Waals surface area contributed by atoms with Crippen molar-refractivity contribution in [1.29, 1.82) is 0 Å². The standard InChI is InChI=1S/C21H28N4O2/c1-27-13-5-10-22-21(26)19-15-24-20(16-23-19)25-11-8-18(9-12-25)14-17-6-3-2-4-7-17/h2-4,6-7,15-16,18H,5,8-14H2,1H3,(H,22,26). The number of piperidine rings is 1. The molecule has 0 aliphatic carbocycles. The fourth-order valence-electron chi connectivity index (χ4n) is 3.42. The lowest BCUT2D eigenvalue weighted by Gasteiger charge is -2.32. The van der Waals surface area contributed by atoms with Crippen LogP contribution in [-0.4, -0.2) is 49.2 Å². The van der Waals surface area contributed by atoms with Gasteiger partial charge in [-0.3, -0.25) is 4.79 Å². The zero-order valence-corrected chi connectivity index (χ0v) is 15.9. The predicted molar refractivity (Wildman–Crippen MR) is 106 cm³/mol. The molecule has 0 unspecified atom stereocenters. The zero-order chi connectivity index (χ0) is 18.9. The van der Waals surface area contributed by atoms with Crippen molar-refractivity contribution in [3.05, 3.63) is 54.0 Å². The maximum atomic E-state index is 12.0. The van der Waals surface area contributed by atoms with Gasteiger partial charge in [0, 0.05) is 33.4 Å². The van der Waals surface area contributed by atoms with Gasteiger partial charge in [0.15, 0.2) is 0 Å². The molecule has 0 radical (unpaired) electrons. The van der Waals surface area contributed by atoms with Crippen LogP contribution in [0.25, 0.3) is 0 Å². The van der Waals surface area contributed by atoms with Crippen LogP contribution in [0.3, 0.4) is 0 Å². The molecule has 6 heteroatoms. The van der Waals surface area contributed by atoms with E-state index in [1.807, 2.05) is 0 Å². The third-order valence-electron chi connectivity index (χ3n) is 4.99. The van der Waals surface area contributed by atoms with Gasteiger partial charge in [0.1, 0.15) is 11.5 Å². The number of ether oxygens (including phenoxy) is 1. The molecular weight excluding hydrogens is 340 g/mol. The Morgan fingerprint density at radius 2 is 1.96 bits per heavy atom. The van der Waals surface area contributed by atoms with E-state index in [1.54, 1.807) is 19.5 Å². The Balaban J connectivity index is 1.46. The fraction of sp³-hybridized carbons (Fsp3) is 0.476. The number of nitrogens with one attached hydrogen (secondary N) is 1. The Morgan fingerprint density at radius 3 is 2.63 bits per heavy atom. The highest BCUT2D eigenvalue weighted by Gasteiger charge is 2.21. The molecule has 0 bridgehead atoms. The highest BCUT2D eigenvalue weighted by molar-refractivity contribution is 5.91. The molecular formula is C21H28N4O2. The minimum atomic E-state index is -0.188. The summed E-state index contributed by atoms with van der Waals surface area (Å²) >= 11 is 0. The molecule has 3 rings (SSSR count). The molecule has 1 aromatic carbocycles. The number of carbonyl (C=O) groups is 1. The fourth-order valence-corrected chi connectivity index (χ4v) is 3.42. The first-order valence-electron chi connectivity index (χ1n) is 9.64. The quantitative estimate of drug-likeness (QED) is 0.726. The summed E-state index contributed by atoms with van der Waals surface area (Å²) in [5.41, 5.74) is 1.77. The molecule has 0 spiro atoms. The summed E-state index contributed by atoms with van der Waals surface area (Å²) in [7, 11) is 1.65. The van der Waals surface area contributed by atoms with Gasteiger partial charge in [0.05, 0.1) is 12.4 Å². The third kappa shape index (κ3) is 5.76. The van der Waals surface area contributed by atoms with Crippen LogP contribution in [0, 0.1) is 5.92 Å². The van der Waals surface area contributed by atoms with Gasteiger partial charge < -0.3 is 15.0 Å². The molecule has 1 aromatic heterocycles. The Morgan fingerprint density at radius 1 is 1.19 bits per heavy atom. The molecule has 0 atom stereocenters. The zero-order valence-electron chi connectivity index (χ0n) is 15.9. The molecule has 1 N–H and O–H groups in total. The summed E-state index contributed by atoms with van der Waals surface area (Å²) in [6.07, 6.45) is 7.50. The summed E-state index contributed by atoms with van der Waals surface area (Å²) in [6, 6.07) is 10.7. The first-order chi connectivity index (χ1) is 13.3. The monoisotopic (exact) mass is 368 g/mol. The van der Waals surface area contributed by atoms with Gasteiger partial charge in [-0.1, -0.05) is 30.3 Å². The molecule has 1 fully saturated rings. The lowest BCUT2D eigenvalue weighted by atomic mass is 9.90. The second-order valence-electron chi connectivity index (χ2n) is 6.98. The molecule has 0 saturated carbocycles. The number of aromatic nitrogens is 2. The predicted octanol–water partition coefficient (Wildman–Crippen LogP) is 2.70. The third-order valence-corrected chi connectivity index (χ3v) is 4.99. The maximum absolute atomic E-state index is 12.0. The van der Waals surface area contributed by atoms with E-state index in [-0.39, 0.29) is 5.91 Å². The van der Waals surface area contributed by atoms with Crippen LogP contribution < -0.4 is 10.2 Å². The van der Waals surface area contributed by atoms with Crippen molar-refractivity contribution in [2.75, 3.05) is 38.3 Å². The molecule has 6 nitrogen and oxygen atoms in total. The summed E-state index contributed by atoms with van der Waals surface area (Å²) in [6.45, 7) is 3.17. The summed E-state index contributed by atoms with van der Waals surface area (Å²) < 4.78 is 4.97. The molecule has 2 heterocycles. The van der Waals surface area contributed by atoms with Crippen LogP contribution in [0.4, 0.5) is 5.82 Å². The van der Waals surface area contributed by atoms with E-state index in [0.29, 0.717) is 24.8 Å². The first-order valence-corrected chi connectivity index (χ1v) is 9.64. The number of methoxy groups -OCH3 is 1. The average Bonchev–Trinajstić information content (AvgIpc) is 2.72. The van der Waals surface area contributed by atoms with Gasteiger partial charge in [0.25, 0.3) is 5.91 Å². The number of anilines is 1. The van der Waals surface area contributed by atoms with Crippen molar-refractivity contribution in [1.82, 2.24) is 15.3 Å². The van der Waals surface area contributed by atoms with Gasteiger partial charge in [-0.2, -0.15) is 0 Å². The molecule has 1 saturated heterocycles. The molecule has 1 aliphatic rings. The largest absolute Gasteiger partial charge is 0.385 e. The number of amides is 1. The van der Waals surface area contributed by atoms with E-state index in [1.165, 1.54) is 5.56 Å². The van der Waals surface area contributed by atoms with Crippen molar-refractivity contribution in [2.45, 2.75) is 25.7 Å². The highest BCUT2D eigenvalue weighted by atomic mass is 16.5. The SMILES string of the molecule is COCCCNC(=O)c1cnc(N2CCC(Cc3ccccc3)CC2)cn1. The molecule has 1 aliphatic heterocycles. The summed E-state index contributed by atoms with van der Waals surface area (Å²) in [5.74, 6) is 1.38. The summed E-state index contributed by atoms with van der Waals surface area (Å²) in [5, 5.41) is 2.83. The van der Waals surface area contributed by atoms with Crippen molar-refractivity contribution in [2.24, 2.45) is 5.92 Å². The van der Waals surface area contributed by atoms with E-state index in [0.717, 1.165) is 44.6 Å². The number of nitrogens with zero attached hydrogens (tertiary/aromatic N) is 3. The van der Waals surface area contributed by atoms with E-state index in [9.17, 15) is 4.79 Å². The Bertz CT molecular complexity index is 698. The van der Waals surface area contributed by atoms with Gasteiger partial charge in [-0.15, -0.1) is 0 Å². The maximum Gasteiger partial charge on any atom is 0.271 e. The van der Waals surface area contributed by atoms with E-state index >= 15 is 0 Å². The minimum Gasteiger partial charge on any atom is -0.385 e. The topological polar surface area (TPSA) is 67.3 Å². The Kier molecular flexibility index (Phi) is 7.16. The van der Waals surface area contributed by atoms with Crippen molar-refractivity contribution in [3.8, 4) is 0 Å². The van der Waals surface area contributed by atoms with Crippen LogP contribution in [0.15, 0.2) is 42.7 Å². The molecule has 27 heavy (non-hydrogen) atoms. The molecule has 144 valence electrons. The minimum absolute atomic E-state index is 0.188. The number of benzene rings is 1. The Hall–Kier alpha value is -2.47. The van der Waals surface area contributed by atoms with Gasteiger partial charge >= 0.3 is 0 Å². The smallest absolute Gasteiger partial charge is 0.271 e. The van der Waals surface area contributed by atoms with Crippen LogP contribution >= 0.6 is 0 Å². The first kappa shape index (κ1) is 19.3. The van der Waals surface area contributed by atoms with Gasteiger partial charge in [0.2, 0.25) is 0 Å². The highest BCUT2D eigenvalue weighted by Crippen LogP contribution is 2.24. The molecule has 2 aromatic rings. The van der Waals surface area contributed by atoms with Gasteiger partial charge in [-0.25, -0.2) is 9.97 Å². The second kappa shape index (κ2) is 10.0. The van der Waals surface area contributed by atoms with Crippen molar-refractivity contribution < 1.29 is 9.53 Å². The van der Waals surface area contributed by atoms with E-state index in [4.69, 9.17) is 4.74 Å². The lowest BCUT2D eigenvalue weighted by molar-refractivity contribution is 0.0943. The summed E-state index contributed by atoms with van der Waals surface area (Å²) in [4.78, 5) is 23.0. The van der Waals surface area contributed by atoms with Crippen molar-refractivity contribution in [3.63, 3.8) is 0 Å². The number of hydrogen-bond acceptors (Lipinski definition) is 5. The molecule has 1 amide bonds. The van der Waals surface area contributed by atoms with Crippen molar-refractivity contribution >= 4 is 11.7 Å². The van der Waals surface area contributed by atoms with Crippen LogP contribution in [0.5, 0.6) is 0 Å². The van der Waals surface area contributed by atoms with E-state index < -0.39 is 0 Å². The van der Waals surface area contributed by atoms with E-state index in [2.05, 4.69) is 50.5 Å². The lowest BCUT2D eigenvalue weighted by Crippen LogP contribution is -2.35. The van der Waals surface area contributed by atoms with Crippen LogP contribution in [0.1, 0.15) is 35.3 Å². The average molecular weight is 368 g/mol. The normalized spacial score (nSPS) is 14.9. The number of rotatable bonds is 8. The number of hydrogen-bond donors (Lipinski definition) is 1. The van der Waals surface area contributed by atoms with Crippen LogP contribution in [-0.2, 0) is 11.2 Å². The Labute approximate surface area is 161 Å². The van der Waals surface area contributed by atoms with Crippen LogP contribution in [0.2, 0.25) is 0 Å². The second-order valence-corrected chi connectivity index (χ2v) is 6.98.